The van der Waals surface area contributed by atoms with E-state index in [-0.39, 0.29) is 5.92 Å². The van der Waals surface area contributed by atoms with Crippen LogP contribution in [0.15, 0.2) is 23.6 Å². The smallest absolute Gasteiger partial charge is 0.143 e. The molecule has 2 heterocycles. The molecule has 1 saturated heterocycles. The molecule has 1 unspecified atom stereocenters. The van der Waals surface area contributed by atoms with Crippen LogP contribution in [0.4, 0.5) is 0 Å². The van der Waals surface area contributed by atoms with E-state index in [9.17, 15) is 0 Å². The van der Waals surface area contributed by atoms with Crippen LogP contribution in [-0.2, 0) is 6.54 Å². The van der Waals surface area contributed by atoms with Gasteiger partial charge in [-0.05, 0) is 25.5 Å². The third-order valence-electron chi connectivity index (χ3n) is 3.24. The summed E-state index contributed by atoms with van der Waals surface area (Å²) in [7, 11) is 0. The lowest BCUT2D eigenvalue weighted by molar-refractivity contribution is 0.191. The second-order valence-electron chi connectivity index (χ2n) is 4.43. The van der Waals surface area contributed by atoms with E-state index in [4.69, 9.17) is 10.9 Å². The maximum atomic E-state index is 8.68. The van der Waals surface area contributed by atoms with Gasteiger partial charge in [0.2, 0.25) is 0 Å². The summed E-state index contributed by atoms with van der Waals surface area (Å²) < 4.78 is 1.92. The molecule has 6 nitrogen and oxygen atoms in total. The van der Waals surface area contributed by atoms with Gasteiger partial charge in [0.25, 0.3) is 0 Å². The van der Waals surface area contributed by atoms with Crippen molar-refractivity contribution in [1.82, 2.24) is 14.7 Å². The molecule has 1 aromatic heterocycles. The van der Waals surface area contributed by atoms with Crippen LogP contribution in [0.2, 0.25) is 0 Å². The van der Waals surface area contributed by atoms with Gasteiger partial charge >= 0.3 is 0 Å². The molecular weight excluding hydrogens is 218 g/mol. The number of nitrogens with two attached hydrogens (primary N) is 1. The Morgan fingerprint density at radius 3 is 3.12 bits per heavy atom. The molecule has 1 aliphatic heterocycles. The first kappa shape index (κ1) is 11.9. The number of nitrogens with zero attached hydrogens (tertiary/aromatic N) is 4. The van der Waals surface area contributed by atoms with Gasteiger partial charge in [0, 0.05) is 31.4 Å². The highest BCUT2D eigenvalue weighted by Gasteiger charge is 2.22. The molecule has 2 rings (SSSR count). The Labute approximate surface area is 101 Å². The van der Waals surface area contributed by atoms with Gasteiger partial charge < -0.3 is 15.8 Å². The van der Waals surface area contributed by atoms with Crippen molar-refractivity contribution in [2.45, 2.75) is 19.4 Å². The maximum absolute atomic E-state index is 8.68. The third kappa shape index (κ3) is 3.20. The van der Waals surface area contributed by atoms with Crippen molar-refractivity contribution >= 4 is 5.84 Å². The highest BCUT2D eigenvalue weighted by molar-refractivity contribution is 5.82. The normalized spacial score (nSPS) is 22.8. The van der Waals surface area contributed by atoms with Crippen molar-refractivity contribution in [2.75, 3.05) is 19.6 Å². The van der Waals surface area contributed by atoms with Crippen LogP contribution < -0.4 is 5.73 Å². The van der Waals surface area contributed by atoms with Gasteiger partial charge in [0.1, 0.15) is 5.84 Å². The van der Waals surface area contributed by atoms with Crippen molar-refractivity contribution in [2.24, 2.45) is 16.8 Å². The summed E-state index contributed by atoms with van der Waals surface area (Å²) in [6.45, 7) is 3.79. The lowest BCUT2D eigenvalue weighted by Gasteiger charge is -2.31. The molecule has 1 aromatic rings. The minimum Gasteiger partial charge on any atom is -0.409 e. The zero-order valence-electron chi connectivity index (χ0n) is 9.87. The number of oxime groups is 1. The van der Waals surface area contributed by atoms with Crippen LogP contribution in [0.3, 0.4) is 0 Å². The fraction of sp³-hybridized carbons (Fsp3) is 0.636. The summed E-state index contributed by atoms with van der Waals surface area (Å²) in [6.07, 6.45) is 5.86. The second-order valence-corrected chi connectivity index (χ2v) is 4.43. The molecule has 0 bridgehead atoms. The zero-order chi connectivity index (χ0) is 12.1. The highest BCUT2D eigenvalue weighted by Crippen LogP contribution is 2.16. The Morgan fingerprint density at radius 2 is 2.41 bits per heavy atom. The van der Waals surface area contributed by atoms with Gasteiger partial charge in [-0.1, -0.05) is 5.16 Å². The summed E-state index contributed by atoms with van der Waals surface area (Å²) in [6, 6.07) is 1.93. The number of likely N-dealkylation sites (tertiary alicyclic amines) is 1. The van der Waals surface area contributed by atoms with Gasteiger partial charge in [-0.3, -0.25) is 4.68 Å². The van der Waals surface area contributed by atoms with Crippen LogP contribution >= 0.6 is 0 Å². The first-order chi connectivity index (χ1) is 8.29. The standard InChI is InChI=1S/C11H19N5O/c12-11(14-17)10-3-1-5-15(9-10)7-8-16-6-2-4-13-16/h2,4,6,10,17H,1,3,5,7-9H2,(H2,12,14). The molecule has 0 aliphatic carbocycles. The number of piperidine rings is 1. The van der Waals surface area contributed by atoms with Crippen molar-refractivity contribution in [3.05, 3.63) is 18.5 Å². The van der Waals surface area contributed by atoms with E-state index >= 15 is 0 Å². The fourth-order valence-corrected chi connectivity index (χ4v) is 2.26. The molecule has 1 fully saturated rings. The first-order valence-electron chi connectivity index (χ1n) is 5.97. The summed E-state index contributed by atoms with van der Waals surface area (Å²) in [5.74, 6) is 0.542. The Morgan fingerprint density at radius 1 is 1.53 bits per heavy atom. The molecule has 0 aromatic carbocycles. The van der Waals surface area contributed by atoms with Crippen LogP contribution in [0.25, 0.3) is 0 Å². The number of amidine groups is 1. The Kier molecular flexibility index (Phi) is 3.98. The lowest BCUT2D eigenvalue weighted by atomic mass is 9.97. The Hall–Kier alpha value is -1.56. The topological polar surface area (TPSA) is 79.7 Å². The van der Waals surface area contributed by atoms with Gasteiger partial charge in [0.15, 0.2) is 0 Å². The van der Waals surface area contributed by atoms with Gasteiger partial charge in [-0.15, -0.1) is 0 Å². The van der Waals surface area contributed by atoms with E-state index in [1.807, 2.05) is 16.9 Å². The quantitative estimate of drug-likeness (QED) is 0.342. The summed E-state index contributed by atoms with van der Waals surface area (Å²) >= 11 is 0. The minimum atomic E-state index is 0.186. The molecule has 6 heteroatoms. The predicted octanol–water partition coefficient (Wildman–Crippen LogP) is 0.341. The number of hydrogen-bond acceptors (Lipinski definition) is 4. The molecule has 1 atom stereocenters. The molecule has 0 radical (unpaired) electrons. The molecule has 0 saturated carbocycles. The largest absolute Gasteiger partial charge is 0.409 e. The molecule has 0 spiro atoms. The van der Waals surface area contributed by atoms with Crippen molar-refractivity contribution < 1.29 is 5.21 Å². The SMILES string of the molecule is NC(=NO)C1CCCN(CCn2cccn2)C1. The summed E-state index contributed by atoms with van der Waals surface area (Å²) in [4.78, 5) is 2.34. The number of hydrogen-bond donors (Lipinski definition) is 2. The maximum Gasteiger partial charge on any atom is 0.143 e. The average molecular weight is 237 g/mol. The highest BCUT2D eigenvalue weighted by atomic mass is 16.4. The van der Waals surface area contributed by atoms with Gasteiger partial charge in [0.05, 0.1) is 6.54 Å². The Balaban J connectivity index is 1.81. The fourth-order valence-electron chi connectivity index (χ4n) is 2.26. The average Bonchev–Trinajstić information content (AvgIpc) is 2.89. The van der Waals surface area contributed by atoms with Crippen LogP contribution in [-0.4, -0.2) is 45.4 Å². The minimum absolute atomic E-state index is 0.186. The summed E-state index contributed by atoms with van der Waals surface area (Å²) in [5.41, 5.74) is 5.66. The van der Waals surface area contributed by atoms with Crippen molar-refractivity contribution in [3.8, 4) is 0 Å². The van der Waals surface area contributed by atoms with Crippen LogP contribution in [0, 0.1) is 5.92 Å². The van der Waals surface area contributed by atoms with Gasteiger partial charge in [-0.2, -0.15) is 5.10 Å². The molecule has 94 valence electrons. The van der Waals surface area contributed by atoms with Crippen LogP contribution in [0.1, 0.15) is 12.8 Å². The second kappa shape index (κ2) is 5.67. The van der Waals surface area contributed by atoms with Crippen molar-refractivity contribution in [3.63, 3.8) is 0 Å². The van der Waals surface area contributed by atoms with E-state index < -0.39 is 0 Å². The summed E-state index contributed by atoms with van der Waals surface area (Å²) in [5, 5.41) is 16.0. The van der Waals surface area contributed by atoms with E-state index in [1.165, 1.54) is 0 Å². The molecular formula is C11H19N5O. The van der Waals surface area contributed by atoms with Crippen molar-refractivity contribution in [1.29, 1.82) is 0 Å². The predicted molar refractivity (Wildman–Crippen MR) is 64.8 cm³/mol. The third-order valence-corrected chi connectivity index (χ3v) is 3.24. The Bertz CT molecular complexity index is 362. The molecule has 1 aliphatic rings. The van der Waals surface area contributed by atoms with E-state index in [1.54, 1.807) is 6.20 Å². The van der Waals surface area contributed by atoms with E-state index in [2.05, 4.69) is 15.2 Å². The van der Waals surface area contributed by atoms with Crippen LogP contribution in [0.5, 0.6) is 0 Å². The van der Waals surface area contributed by atoms with Gasteiger partial charge in [-0.25, -0.2) is 0 Å². The monoisotopic (exact) mass is 237 g/mol. The van der Waals surface area contributed by atoms with E-state index in [0.717, 1.165) is 39.0 Å². The number of rotatable bonds is 4. The first-order valence-corrected chi connectivity index (χ1v) is 5.97. The zero-order valence-corrected chi connectivity index (χ0v) is 9.87. The molecule has 0 amide bonds. The van der Waals surface area contributed by atoms with E-state index in [0.29, 0.717) is 5.84 Å². The lowest BCUT2D eigenvalue weighted by Crippen LogP contribution is -2.42. The number of aromatic nitrogens is 2. The molecule has 3 N–H and O–H groups in total. The molecule has 17 heavy (non-hydrogen) atoms.